The SMILES string of the molecule is Nc1ccc(Oc2ccccc2)cc1.O=C(Nc1ccc(Oc2ccccc2)cc1)Nc1ccc(C(F)(F)F)cc1.O=C=Nc1ccc(C(F)(F)F)cc1. The minimum Gasteiger partial charge on any atom is -0.457 e. The molecule has 0 radical (unpaired) electrons. The first-order valence-electron chi connectivity index (χ1n) is 15.7. The van der Waals surface area contributed by atoms with Gasteiger partial charge in [0.25, 0.3) is 0 Å². The van der Waals surface area contributed by atoms with Gasteiger partial charge in [0.2, 0.25) is 6.08 Å². The van der Waals surface area contributed by atoms with Gasteiger partial charge in [-0.05, 0) is 121 Å². The van der Waals surface area contributed by atoms with E-state index < -0.39 is 29.5 Å². The molecule has 0 spiro atoms. The number of halogens is 6. The predicted molar refractivity (Wildman–Crippen MR) is 194 cm³/mol. The molecular formula is C40H30F6N4O4. The Balaban J connectivity index is 0.000000201. The Labute approximate surface area is 305 Å². The lowest BCUT2D eigenvalue weighted by Crippen LogP contribution is -2.19. The van der Waals surface area contributed by atoms with Gasteiger partial charge < -0.3 is 25.8 Å². The lowest BCUT2D eigenvalue weighted by atomic mass is 10.2. The molecule has 0 unspecified atom stereocenters. The van der Waals surface area contributed by atoms with E-state index in [2.05, 4.69) is 15.6 Å². The number of nitrogens with one attached hydrogen (secondary N) is 2. The maximum absolute atomic E-state index is 12.5. The predicted octanol–water partition coefficient (Wildman–Crippen LogP) is 11.9. The fraction of sp³-hybridized carbons (Fsp3) is 0.0500. The van der Waals surface area contributed by atoms with Gasteiger partial charge in [-0.15, -0.1) is 0 Å². The molecule has 14 heteroatoms. The molecule has 0 aliphatic carbocycles. The number of isocyanates is 1. The summed E-state index contributed by atoms with van der Waals surface area (Å²) in [7, 11) is 0. The summed E-state index contributed by atoms with van der Waals surface area (Å²) in [5.41, 5.74) is 5.69. The Kier molecular flexibility index (Phi) is 14.0. The van der Waals surface area contributed by atoms with Crippen LogP contribution in [0.2, 0.25) is 0 Å². The van der Waals surface area contributed by atoms with E-state index in [4.69, 9.17) is 15.2 Å². The van der Waals surface area contributed by atoms with Crippen LogP contribution in [0.15, 0.2) is 163 Å². The Morgan fingerprint density at radius 1 is 0.519 bits per heavy atom. The summed E-state index contributed by atoms with van der Waals surface area (Å²) in [5.74, 6) is 2.93. The van der Waals surface area contributed by atoms with Crippen molar-refractivity contribution in [3.05, 3.63) is 169 Å². The molecular weight excluding hydrogens is 714 g/mol. The highest BCUT2D eigenvalue weighted by Gasteiger charge is 2.30. The fourth-order valence-electron chi connectivity index (χ4n) is 4.21. The molecule has 0 aromatic heterocycles. The molecule has 54 heavy (non-hydrogen) atoms. The second kappa shape index (κ2) is 19.0. The number of hydrogen-bond acceptors (Lipinski definition) is 6. The number of benzene rings is 6. The molecule has 0 heterocycles. The number of nitrogens with zero attached hydrogens (tertiary/aromatic N) is 1. The summed E-state index contributed by atoms with van der Waals surface area (Å²) in [4.78, 5) is 24.9. The molecule has 6 aromatic rings. The van der Waals surface area contributed by atoms with Crippen LogP contribution < -0.4 is 25.8 Å². The van der Waals surface area contributed by atoms with Gasteiger partial charge in [-0.25, -0.2) is 9.59 Å². The molecule has 8 nitrogen and oxygen atoms in total. The van der Waals surface area contributed by atoms with Gasteiger partial charge >= 0.3 is 18.4 Å². The summed E-state index contributed by atoms with van der Waals surface area (Å²) < 4.78 is 84.8. The van der Waals surface area contributed by atoms with Crippen LogP contribution in [0.1, 0.15) is 11.1 Å². The molecule has 6 aromatic carbocycles. The second-order valence-corrected chi connectivity index (χ2v) is 10.8. The highest BCUT2D eigenvalue weighted by molar-refractivity contribution is 5.99. The molecule has 0 saturated heterocycles. The average Bonchev–Trinajstić information content (AvgIpc) is 3.15. The number of para-hydroxylation sites is 2. The van der Waals surface area contributed by atoms with Crippen molar-refractivity contribution in [1.29, 1.82) is 0 Å². The van der Waals surface area contributed by atoms with Crippen molar-refractivity contribution in [1.82, 2.24) is 0 Å². The molecule has 0 fully saturated rings. The second-order valence-electron chi connectivity index (χ2n) is 10.8. The van der Waals surface area contributed by atoms with Crippen molar-refractivity contribution < 1.29 is 45.4 Å². The molecule has 0 aliphatic heterocycles. The molecule has 0 atom stereocenters. The van der Waals surface area contributed by atoms with E-state index >= 15 is 0 Å². The van der Waals surface area contributed by atoms with E-state index in [1.54, 1.807) is 24.3 Å². The average molecular weight is 745 g/mol. The molecule has 0 bridgehead atoms. The Hall–Kier alpha value is -7.05. The number of nitrogens with two attached hydrogens (primary N) is 1. The Morgan fingerprint density at radius 2 is 0.870 bits per heavy atom. The summed E-state index contributed by atoms with van der Waals surface area (Å²) in [6.45, 7) is 0. The maximum Gasteiger partial charge on any atom is 0.416 e. The number of alkyl halides is 6. The van der Waals surface area contributed by atoms with Crippen molar-refractivity contribution in [2.75, 3.05) is 16.4 Å². The molecule has 276 valence electrons. The van der Waals surface area contributed by atoms with Crippen LogP contribution in [0.25, 0.3) is 0 Å². The molecule has 0 saturated carbocycles. The zero-order valence-corrected chi connectivity index (χ0v) is 27.9. The van der Waals surface area contributed by atoms with Crippen LogP contribution in [0, 0.1) is 0 Å². The van der Waals surface area contributed by atoms with Crippen molar-refractivity contribution in [2.45, 2.75) is 12.4 Å². The van der Waals surface area contributed by atoms with Crippen molar-refractivity contribution in [3.63, 3.8) is 0 Å². The standard InChI is InChI=1S/C20H15F3N2O2.C12H11NO.C8H4F3NO/c21-20(22,23)14-6-8-15(9-7-14)24-19(26)25-16-10-12-18(13-11-16)27-17-4-2-1-3-5-17;13-10-6-8-12(9-7-10)14-11-4-2-1-3-5-11;9-8(10,11)6-1-3-7(4-2-6)12-5-13/h1-13H,(H2,24,25,26);1-9H,13H2;1-4H. The van der Waals surface area contributed by atoms with Crippen LogP contribution in [-0.2, 0) is 17.1 Å². The van der Waals surface area contributed by atoms with E-state index in [9.17, 15) is 35.9 Å². The van der Waals surface area contributed by atoms with E-state index in [0.29, 0.717) is 17.2 Å². The summed E-state index contributed by atoms with van der Waals surface area (Å²) in [6, 6.07) is 40.5. The van der Waals surface area contributed by atoms with E-state index in [0.717, 1.165) is 53.6 Å². The summed E-state index contributed by atoms with van der Waals surface area (Å²) >= 11 is 0. The first-order valence-corrected chi connectivity index (χ1v) is 15.7. The zero-order valence-electron chi connectivity index (χ0n) is 27.9. The first-order chi connectivity index (χ1) is 25.8. The number of nitrogen functional groups attached to an aromatic ring is 1. The topological polar surface area (TPSA) is 115 Å². The summed E-state index contributed by atoms with van der Waals surface area (Å²) in [6.07, 6.45) is -7.53. The number of rotatable bonds is 7. The third-order valence-electron chi connectivity index (χ3n) is 6.79. The van der Waals surface area contributed by atoms with Crippen molar-refractivity contribution in [3.8, 4) is 23.0 Å². The number of carbonyl (C=O) groups is 1. The minimum atomic E-state index is -4.41. The monoisotopic (exact) mass is 744 g/mol. The van der Waals surface area contributed by atoms with Gasteiger partial charge in [0.1, 0.15) is 23.0 Å². The normalized spacial score (nSPS) is 10.6. The van der Waals surface area contributed by atoms with Crippen LogP contribution >= 0.6 is 0 Å². The van der Waals surface area contributed by atoms with Crippen molar-refractivity contribution >= 4 is 34.9 Å². The third kappa shape index (κ3) is 13.6. The number of urea groups is 1. The van der Waals surface area contributed by atoms with Crippen LogP contribution in [0.5, 0.6) is 23.0 Å². The smallest absolute Gasteiger partial charge is 0.416 e. The number of ether oxygens (including phenoxy) is 2. The van der Waals surface area contributed by atoms with E-state index in [1.165, 1.54) is 18.2 Å². The minimum absolute atomic E-state index is 0.156. The van der Waals surface area contributed by atoms with Gasteiger partial charge in [-0.1, -0.05) is 36.4 Å². The molecule has 2 amide bonds. The van der Waals surface area contributed by atoms with Crippen molar-refractivity contribution in [2.24, 2.45) is 4.99 Å². The number of hydrogen-bond donors (Lipinski definition) is 3. The maximum atomic E-state index is 12.5. The van der Waals surface area contributed by atoms with E-state index in [-0.39, 0.29) is 11.4 Å². The largest absolute Gasteiger partial charge is 0.457 e. The van der Waals surface area contributed by atoms with Crippen LogP contribution in [-0.4, -0.2) is 12.1 Å². The quantitative estimate of drug-likeness (QED) is 0.0651. The molecule has 6 rings (SSSR count). The van der Waals surface area contributed by atoms with Gasteiger partial charge in [0.15, 0.2) is 0 Å². The molecule has 0 aliphatic rings. The number of carbonyl (C=O) groups excluding carboxylic acids is 2. The third-order valence-corrected chi connectivity index (χ3v) is 6.79. The van der Waals surface area contributed by atoms with Gasteiger partial charge in [0.05, 0.1) is 16.8 Å². The lowest BCUT2D eigenvalue weighted by molar-refractivity contribution is -0.138. The Bertz CT molecular complexity index is 2090. The van der Waals surface area contributed by atoms with Gasteiger partial charge in [-0.2, -0.15) is 31.3 Å². The number of amides is 2. The Morgan fingerprint density at radius 3 is 1.26 bits per heavy atom. The fourth-order valence-corrected chi connectivity index (χ4v) is 4.21. The molecule has 4 N–H and O–H groups in total. The van der Waals surface area contributed by atoms with Crippen LogP contribution in [0.3, 0.4) is 0 Å². The van der Waals surface area contributed by atoms with Crippen LogP contribution in [0.4, 0.5) is 53.9 Å². The first kappa shape index (κ1) is 39.7. The van der Waals surface area contributed by atoms with Gasteiger partial charge in [0, 0.05) is 17.1 Å². The van der Waals surface area contributed by atoms with E-state index in [1.807, 2.05) is 84.9 Å². The number of aliphatic imine (C=N–C) groups is 1. The summed E-state index contributed by atoms with van der Waals surface area (Å²) in [5, 5.41) is 5.07. The highest BCUT2D eigenvalue weighted by Crippen LogP contribution is 2.31. The highest BCUT2D eigenvalue weighted by atomic mass is 19.4. The van der Waals surface area contributed by atoms with Gasteiger partial charge in [-0.3, -0.25) is 0 Å². The lowest BCUT2D eigenvalue weighted by Gasteiger charge is -2.10. The number of anilines is 3. The zero-order chi connectivity index (χ0) is 39.0.